The number of hydrogen-bond acceptors (Lipinski definition) is 2. The highest BCUT2D eigenvalue weighted by Crippen LogP contribution is 2.34. The highest BCUT2D eigenvalue weighted by molar-refractivity contribution is 9.10. The smallest absolute Gasteiger partial charge is 0.150 e. The average molecular weight is 323 g/mol. The summed E-state index contributed by atoms with van der Waals surface area (Å²) in [5.41, 5.74) is 2.49. The zero-order valence-corrected chi connectivity index (χ0v) is 13.0. The number of hydrogen-bond donors (Lipinski definition) is 0. The normalized spacial score (nSPS) is 20.3. The maximum Gasteiger partial charge on any atom is 0.150 e. The second-order valence-corrected chi connectivity index (χ2v) is 6.26. The van der Waals surface area contributed by atoms with Crippen LogP contribution >= 0.6 is 15.9 Å². The maximum absolute atomic E-state index is 5.83. The van der Waals surface area contributed by atoms with Crippen LogP contribution in [0.4, 0.5) is 0 Å². The summed E-state index contributed by atoms with van der Waals surface area (Å²) in [4.78, 5) is 0. The van der Waals surface area contributed by atoms with E-state index in [4.69, 9.17) is 4.74 Å². The van der Waals surface area contributed by atoms with Crippen molar-refractivity contribution in [3.05, 3.63) is 28.4 Å². The summed E-state index contributed by atoms with van der Waals surface area (Å²) in [7, 11) is 0. The van der Waals surface area contributed by atoms with Crippen LogP contribution in [0.5, 0.6) is 0 Å². The molecule has 0 aliphatic carbocycles. The topological polar surface area (TPSA) is 27.1 Å². The number of nitrogens with zero attached hydrogens (tertiary/aromatic N) is 2. The molecule has 102 valence electrons. The monoisotopic (exact) mass is 322 g/mol. The quantitative estimate of drug-likeness (QED) is 0.806. The van der Waals surface area contributed by atoms with Gasteiger partial charge < -0.3 is 4.74 Å². The Kier molecular flexibility index (Phi) is 3.63. The van der Waals surface area contributed by atoms with Gasteiger partial charge in [-0.1, -0.05) is 19.9 Å². The van der Waals surface area contributed by atoms with Crippen molar-refractivity contribution in [2.75, 3.05) is 6.61 Å². The minimum atomic E-state index is 0.100. The summed E-state index contributed by atoms with van der Waals surface area (Å²) in [6.07, 6.45) is 5.49. The lowest BCUT2D eigenvalue weighted by Gasteiger charge is -2.23. The fourth-order valence-corrected chi connectivity index (χ4v) is 3.59. The van der Waals surface area contributed by atoms with Crippen molar-refractivity contribution in [2.24, 2.45) is 0 Å². The largest absolute Gasteiger partial charge is 0.356 e. The van der Waals surface area contributed by atoms with Crippen LogP contribution in [0, 0.1) is 0 Å². The second kappa shape index (κ2) is 5.25. The van der Waals surface area contributed by atoms with E-state index in [1.165, 1.54) is 21.8 Å². The number of ether oxygens (including phenoxy) is 1. The summed E-state index contributed by atoms with van der Waals surface area (Å²) in [5, 5.41) is 5.72. The van der Waals surface area contributed by atoms with Crippen molar-refractivity contribution in [1.29, 1.82) is 0 Å². The number of halogens is 1. The minimum Gasteiger partial charge on any atom is -0.356 e. The Labute approximate surface area is 122 Å². The van der Waals surface area contributed by atoms with Crippen molar-refractivity contribution in [1.82, 2.24) is 9.78 Å². The highest BCUT2D eigenvalue weighted by atomic mass is 79.9. The Hall–Kier alpha value is -0.870. The SMILES string of the molecule is CC(C)c1ccc2c(cnn2C2CCCCO2)c1Br. The second-order valence-electron chi connectivity index (χ2n) is 5.47. The lowest BCUT2D eigenvalue weighted by atomic mass is 10.0. The van der Waals surface area contributed by atoms with Gasteiger partial charge in [0, 0.05) is 16.5 Å². The molecule has 0 radical (unpaired) electrons. The first-order valence-corrected chi connectivity index (χ1v) is 7.75. The Morgan fingerprint density at radius 3 is 2.89 bits per heavy atom. The van der Waals surface area contributed by atoms with E-state index in [1.807, 2.05) is 10.9 Å². The first-order valence-electron chi connectivity index (χ1n) is 6.95. The van der Waals surface area contributed by atoms with Crippen LogP contribution in [-0.2, 0) is 4.74 Å². The molecule has 1 aromatic heterocycles. The molecule has 0 bridgehead atoms. The summed E-state index contributed by atoms with van der Waals surface area (Å²) in [6, 6.07) is 4.36. The van der Waals surface area contributed by atoms with Crippen molar-refractivity contribution in [3.63, 3.8) is 0 Å². The third kappa shape index (κ3) is 2.32. The van der Waals surface area contributed by atoms with Crippen LogP contribution in [0.2, 0.25) is 0 Å². The zero-order chi connectivity index (χ0) is 13.4. The number of aromatic nitrogens is 2. The molecule has 1 unspecified atom stereocenters. The van der Waals surface area contributed by atoms with Crippen molar-refractivity contribution >= 4 is 26.8 Å². The molecule has 0 amide bonds. The summed E-state index contributed by atoms with van der Waals surface area (Å²) < 4.78 is 9.03. The number of rotatable bonds is 2. The van der Waals surface area contributed by atoms with Crippen molar-refractivity contribution in [2.45, 2.75) is 45.3 Å². The van der Waals surface area contributed by atoms with Gasteiger partial charge in [-0.2, -0.15) is 5.10 Å². The molecule has 0 N–H and O–H groups in total. The van der Waals surface area contributed by atoms with Crippen LogP contribution < -0.4 is 0 Å². The molecule has 3 rings (SSSR count). The molecule has 4 heteroatoms. The van der Waals surface area contributed by atoms with Gasteiger partial charge in [0.15, 0.2) is 6.23 Å². The summed E-state index contributed by atoms with van der Waals surface area (Å²) >= 11 is 3.73. The summed E-state index contributed by atoms with van der Waals surface area (Å²) in [6.45, 7) is 5.26. The molecule has 0 spiro atoms. The van der Waals surface area contributed by atoms with Crippen molar-refractivity contribution in [3.8, 4) is 0 Å². The molecule has 19 heavy (non-hydrogen) atoms. The molecule has 1 aromatic carbocycles. The standard InChI is InChI=1S/C15H19BrN2O/c1-10(2)11-6-7-13-12(15(11)16)9-17-18(13)14-5-3-4-8-19-14/h6-7,9-10,14H,3-5,8H2,1-2H3. The van der Waals surface area contributed by atoms with E-state index in [1.54, 1.807) is 0 Å². The van der Waals surface area contributed by atoms with Gasteiger partial charge in [0.25, 0.3) is 0 Å². The molecule has 1 fully saturated rings. The van der Waals surface area contributed by atoms with Crippen LogP contribution in [0.15, 0.2) is 22.8 Å². The maximum atomic E-state index is 5.83. The first kappa shape index (κ1) is 13.1. The van der Waals surface area contributed by atoms with Crippen LogP contribution in [-0.4, -0.2) is 16.4 Å². The predicted molar refractivity (Wildman–Crippen MR) is 80.4 cm³/mol. The van der Waals surface area contributed by atoms with Crippen LogP contribution in [0.3, 0.4) is 0 Å². The predicted octanol–water partition coefficient (Wildman–Crippen LogP) is 4.62. The van der Waals surface area contributed by atoms with Crippen LogP contribution in [0.1, 0.15) is 50.8 Å². The fraction of sp³-hybridized carbons (Fsp3) is 0.533. The first-order chi connectivity index (χ1) is 9.18. The van der Waals surface area contributed by atoms with E-state index in [0.29, 0.717) is 5.92 Å². The highest BCUT2D eigenvalue weighted by Gasteiger charge is 2.20. The van der Waals surface area contributed by atoms with Gasteiger partial charge in [-0.3, -0.25) is 0 Å². The van der Waals surface area contributed by atoms with Gasteiger partial charge >= 0.3 is 0 Å². The molecule has 1 saturated heterocycles. The third-order valence-corrected chi connectivity index (χ3v) is 4.68. The molecular weight excluding hydrogens is 304 g/mol. The van der Waals surface area contributed by atoms with E-state index in [9.17, 15) is 0 Å². The van der Waals surface area contributed by atoms with E-state index in [2.05, 4.69) is 47.0 Å². The number of benzene rings is 1. The third-order valence-electron chi connectivity index (χ3n) is 3.80. The van der Waals surface area contributed by atoms with Gasteiger partial charge in [-0.25, -0.2) is 4.68 Å². The molecular formula is C15H19BrN2O. The summed E-state index contributed by atoms with van der Waals surface area (Å²) in [5.74, 6) is 0.507. The van der Waals surface area contributed by atoms with Gasteiger partial charge in [-0.15, -0.1) is 0 Å². The van der Waals surface area contributed by atoms with Gasteiger partial charge in [0.2, 0.25) is 0 Å². The molecule has 1 aliphatic heterocycles. The lowest BCUT2D eigenvalue weighted by molar-refractivity contribution is -0.0366. The van der Waals surface area contributed by atoms with Crippen molar-refractivity contribution < 1.29 is 4.74 Å². The minimum absolute atomic E-state index is 0.100. The van der Waals surface area contributed by atoms with E-state index >= 15 is 0 Å². The number of fused-ring (bicyclic) bond motifs is 1. The van der Waals surface area contributed by atoms with Crippen LogP contribution in [0.25, 0.3) is 10.9 Å². The van der Waals surface area contributed by atoms with Gasteiger partial charge in [0.05, 0.1) is 11.7 Å². The fourth-order valence-electron chi connectivity index (χ4n) is 2.70. The van der Waals surface area contributed by atoms with Gasteiger partial charge in [0.1, 0.15) is 0 Å². The Morgan fingerprint density at radius 1 is 1.37 bits per heavy atom. The molecule has 2 aromatic rings. The molecule has 1 aliphatic rings. The lowest BCUT2D eigenvalue weighted by Crippen LogP contribution is -2.18. The molecule has 3 nitrogen and oxygen atoms in total. The van der Waals surface area contributed by atoms with Gasteiger partial charge in [-0.05, 0) is 52.7 Å². The Morgan fingerprint density at radius 2 is 2.21 bits per heavy atom. The molecule has 2 heterocycles. The zero-order valence-electron chi connectivity index (χ0n) is 11.4. The van der Waals surface area contributed by atoms with E-state index < -0.39 is 0 Å². The van der Waals surface area contributed by atoms with E-state index in [0.717, 1.165) is 25.0 Å². The Balaban J connectivity index is 2.06. The molecule has 0 saturated carbocycles. The molecule has 1 atom stereocenters. The average Bonchev–Trinajstić information content (AvgIpc) is 2.84. The Bertz CT molecular complexity index is 585. The van der Waals surface area contributed by atoms with E-state index in [-0.39, 0.29) is 6.23 Å².